The van der Waals surface area contributed by atoms with Crippen LogP contribution in [0.25, 0.3) is 11.3 Å². The van der Waals surface area contributed by atoms with Crippen LogP contribution in [0, 0.1) is 6.92 Å². The van der Waals surface area contributed by atoms with Gasteiger partial charge in [-0.15, -0.1) is 0 Å². The Morgan fingerprint density at radius 1 is 1.19 bits per heavy atom. The van der Waals surface area contributed by atoms with Crippen LogP contribution < -0.4 is 4.74 Å². The molecule has 82 valence electrons. The molecule has 2 aromatic rings. The third-order valence-electron chi connectivity index (χ3n) is 2.46. The third-order valence-corrected chi connectivity index (χ3v) is 2.46. The van der Waals surface area contributed by atoms with E-state index in [0.29, 0.717) is 6.61 Å². The van der Waals surface area contributed by atoms with Gasteiger partial charge in [0.05, 0.1) is 12.3 Å². The van der Waals surface area contributed by atoms with Crippen molar-refractivity contribution in [1.29, 1.82) is 0 Å². The molecule has 16 heavy (non-hydrogen) atoms. The second-order valence-electron chi connectivity index (χ2n) is 3.62. The van der Waals surface area contributed by atoms with Crippen LogP contribution >= 0.6 is 0 Å². The maximum absolute atomic E-state index is 5.50. The predicted molar refractivity (Wildman–Crippen MR) is 65.6 cm³/mol. The molecule has 0 aliphatic carbocycles. The fourth-order valence-electron chi connectivity index (χ4n) is 1.66. The van der Waals surface area contributed by atoms with Crippen LogP contribution in [-0.4, -0.2) is 11.6 Å². The number of aryl methyl sites for hydroxylation is 1. The van der Waals surface area contributed by atoms with Crippen molar-refractivity contribution in [2.45, 2.75) is 13.8 Å². The number of rotatable bonds is 3. The third kappa shape index (κ3) is 2.22. The van der Waals surface area contributed by atoms with Gasteiger partial charge in [0.2, 0.25) is 0 Å². The normalized spacial score (nSPS) is 10.1. The van der Waals surface area contributed by atoms with Crippen molar-refractivity contribution in [3.63, 3.8) is 0 Å². The Bertz CT molecular complexity index is 465. The van der Waals surface area contributed by atoms with Crippen molar-refractivity contribution in [3.05, 3.63) is 48.2 Å². The van der Waals surface area contributed by atoms with E-state index in [1.165, 1.54) is 5.56 Å². The van der Waals surface area contributed by atoms with Crippen molar-refractivity contribution in [2.75, 3.05) is 6.61 Å². The number of aromatic nitrogens is 1. The molecule has 0 unspecified atom stereocenters. The molecule has 0 fully saturated rings. The first-order valence-electron chi connectivity index (χ1n) is 5.46. The summed E-state index contributed by atoms with van der Waals surface area (Å²) in [7, 11) is 0. The summed E-state index contributed by atoms with van der Waals surface area (Å²) in [6, 6.07) is 12.0. The number of ether oxygens (including phenoxy) is 1. The van der Waals surface area contributed by atoms with Crippen LogP contribution in [0.2, 0.25) is 0 Å². The van der Waals surface area contributed by atoms with Crippen LogP contribution in [-0.2, 0) is 0 Å². The fourth-order valence-corrected chi connectivity index (χ4v) is 1.66. The first kappa shape index (κ1) is 10.7. The number of benzene rings is 1. The van der Waals surface area contributed by atoms with E-state index in [1.807, 2.05) is 43.5 Å². The summed E-state index contributed by atoms with van der Waals surface area (Å²) >= 11 is 0. The van der Waals surface area contributed by atoms with E-state index in [0.717, 1.165) is 17.0 Å². The van der Waals surface area contributed by atoms with Gasteiger partial charge in [-0.2, -0.15) is 0 Å². The minimum absolute atomic E-state index is 0.685. The molecular formula is C14H15NO. The van der Waals surface area contributed by atoms with Crippen LogP contribution in [0.1, 0.15) is 12.5 Å². The topological polar surface area (TPSA) is 22.1 Å². The highest BCUT2D eigenvalue weighted by Gasteiger charge is 2.04. The van der Waals surface area contributed by atoms with Gasteiger partial charge in [0.25, 0.3) is 0 Å². The van der Waals surface area contributed by atoms with Crippen molar-refractivity contribution in [3.8, 4) is 17.0 Å². The summed E-state index contributed by atoms with van der Waals surface area (Å²) in [4.78, 5) is 4.36. The lowest BCUT2D eigenvalue weighted by atomic mass is 10.0. The monoisotopic (exact) mass is 213 g/mol. The molecule has 1 aromatic carbocycles. The molecule has 0 aliphatic rings. The Morgan fingerprint density at radius 2 is 2.06 bits per heavy atom. The molecule has 0 aliphatic heterocycles. The SMILES string of the molecule is CCOc1ccc(C)c(-c2ccccn2)c1. The highest BCUT2D eigenvalue weighted by molar-refractivity contribution is 5.65. The highest BCUT2D eigenvalue weighted by atomic mass is 16.5. The summed E-state index contributed by atoms with van der Waals surface area (Å²) in [5, 5.41) is 0. The molecule has 0 saturated heterocycles. The standard InChI is InChI=1S/C14H15NO/c1-3-16-12-8-7-11(2)13(10-12)14-6-4-5-9-15-14/h4-10H,3H2,1-2H3. The van der Waals surface area contributed by atoms with Crippen molar-refractivity contribution in [1.82, 2.24) is 4.98 Å². The van der Waals surface area contributed by atoms with E-state index in [9.17, 15) is 0 Å². The van der Waals surface area contributed by atoms with Gasteiger partial charge in [-0.05, 0) is 43.7 Å². The average molecular weight is 213 g/mol. The summed E-state index contributed by atoms with van der Waals surface area (Å²) in [6.45, 7) is 4.75. The Labute approximate surface area is 95.9 Å². The number of hydrogen-bond acceptors (Lipinski definition) is 2. The van der Waals surface area contributed by atoms with Crippen molar-refractivity contribution >= 4 is 0 Å². The second kappa shape index (κ2) is 4.79. The zero-order chi connectivity index (χ0) is 11.4. The molecule has 2 nitrogen and oxygen atoms in total. The fraction of sp³-hybridized carbons (Fsp3) is 0.214. The molecular weight excluding hydrogens is 198 g/mol. The molecule has 0 radical (unpaired) electrons. The van der Waals surface area contributed by atoms with Crippen molar-refractivity contribution < 1.29 is 4.74 Å². The summed E-state index contributed by atoms with van der Waals surface area (Å²) in [5.41, 5.74) is 3.33. The first-order chi connectivity index (χ1) is 7.81. The van der Waals surface area contributed by atoms with Gasteiger partial charge in [0, 0.05) is 11.8 Å². The van der Waals surface area contributed by atoms with E-state index in [-0.39, 0.29) is 0 Å². The lowest BCUT2D eigenvalue weighted by Gasteiger charge is -2.08. The predicted octanol–water partition coefficient (Wildman–Crippen LogP) is 3.46. The minimum Gasteiger partial charge on any atom is -0.494 e. The van der Waals surface area contributed by atoms with Crippen molar-refractivity contribution in [2.24, 2.45) is 0 Å². The molecule has 1 heterocycles. The Hall–Kier alpha value is -1.83. The molecule has 0 spiro atoms. The number of pyridine rings is 1. The van der Waals surface area contributed by atoms with Gasteiger partial charge in [0.1, 0.15) is 5.75 Å². The lowest BCUT2D eigenvalue weighted by Crippen LogP contribution is -1.93. The quantitative estimate of drug-likeness (QED) is 0.779. The van der Waals surface area contributed by atoms with E-state index in [1.54, 1.807) is 0 Å². The maximum Gasteiger partial charge on any atom is 0.119 e. The van der Waals surface area contributed by atoms with Crippen LogP contribution in [0.5, 0.6) is 5.75 Å². The van der Waals surface area contributed by atoms with Crippen LogP contribution in [0.4, 0.5) is 0 Å². The summed E-state index contributed by atoms with van der Waals surface area (Å²) in [6.07, 6.45) is 1.81. The van der Waals surface area contributed by atoms with Gasteiger partial charge in [0.15, 0.2) is 0 Å². The molecule has 0 N–H and O–H groups in total. The molecule has 2 rings (SSSR count). The van der Waals surface area contributed by atoms with Gasteiger partial charge < -0.3 is 4.74 Å². The van der Waals surface area contributed by atoms with Gasteiger partial charge >= 0.3 is 0 Å². The molecule has 0 bridgehead atoms. The van der Waals surface area contributed by atoms with Gasteiger partial charge in [-0.1, -0.05) is 12.1 Å². The average Bonchev–Trinajstić information content (AvgIpc) is 2.33. The van der Waals surface area contributed by atoms with Gasteiger partial charge in [-0.25, -0.2) is 0 Å². The van der Waals surface area contributed by atoms with E-state index < -0.39 is 0 Å². The zero-order valence-corrected chi connectivity index (χ0v) is 9.60. The maximum atomic E-state index is 5.50. The molecule has 0 saturated carbocycles. The Morgan fingerprint density at radius 3 is 2.75 bits per heavy atom. The van der Waals surface area contributed by atoms with Crippen LogP contribution in [0.15, 0.2) is 42.6 Å². The number of nitrogens with zero attached hydrogens (tertiary/aromatic N) is 1. The van der Waals surface area contributed by atoms with E-state index in [2.05, 4.69) is 18.0 Å². The van der Waals surface area contributed by atoms with E-state index >= 15 is 0 Å². The lowest BCUT2D eigenvalue weighted by molar-refractivity contribution is 0.340. The summed E-state index contributed by atoms with van der Waals surface area (Å²) < 4.78 is 5.50. The Balaban J connectivity index is 2.43. The van der Waals surface area contributed by atoms with E-state index in [4.69, 9.17) is 4.74 Å². The first-order valence-corrected chi connectivity index (χ1v) is 5.46. The smallest absolute Gasteiger partial charge is 0.119 e. The minimum atomic E-state index is 0.685. The second-order valence-corrected chi connectivity index (χ2v) is 3.62. The molecule has 0 amide bonds. The molecule has 2 heteroatoms. The Kier molecular flexibility index (Phi) is 3.20. The molecule has 0 atom stereocenters. The zero-order valence-electron chi connectivity index (χ0n) is 9.60. The van der Waals surface area contributed by atoms with Crippen LogP contribution in [0.3, 0.4) is 0 Å². The van der Waals surface area contributed by atoms with Gasteiger partial charge in [-0.3, -0.25) is 4.98 Å². The largest absolute Gasteiger partial charge is 0.494 e. The molecule has 1 aromatic heterocycles. The number of hydrogen-bond donors (Lipinski definition) is 0. The summed E-state index contributed by atoms with van der Waals surface area (Å²) in [5.74, 6) is 0.897. The highest BCUT2D eigenvalue weighted by Crippen LogP contribution is 2.25.